The van der Waals surface area contributed by atoms with Crippen LogP contribution in [-0.4, -0.2) is 41.2 Å². The summed E-state index contributed by atoms with van der Waals surface area (Å²) in [6.07, 6.45) is 0.243. The number of rotatable bonds is 8. The average Bonchev–Trinajstić information content (AvgIpc) is 3.02. The van der Waals surface area contributed by atoms with E-state index in [9.17, 15) is 9.59 Å². The molecule has 1 aromatic heterocycles. The number of hydrogen-bond donors (Lipinski definition) is 0. The number of ether oxygens (including phenoxy) is 2. The summed E-state index contributed by atoms with van der Waals surface area (Å²) in [5.41, 5.74) is 2.56. The number of hydrogen-bond acceptors (Lipinski definition) is 4. The van der Waals surface area contributed by atoms with Crippen molar-refractivity contribution in [2.45, 2.75) is 33.0 Å². The van der Waals surface area contributed by atoms with Crippen LogP contribution in [0.3, 0.4) is 0 Å². The van der Waals surface area contributed by atoms with Gasteiger partial charge in [0.2, 0.25) is 5.91 Å². The average molecular weight is 397 g/mol. The lowest BCUT2D eigenvalue weighted by atomic mass is 10.1. The molecule has 0 atom stereocenters. The largest absolute Gasteiger partial charge is 0.497 e. The fraction of sp³-hybridized carbons (Fsp3) is 0.364. The highest BCUT2D eigenvalue weighted by Gasteiger charge is 2.16. The van der Waals surface area contributed by atoms with Crippen LogP contribution in [0.25, 0.3) is 11.0 Å². The first-order valence-corrected chi connectivity index (χ1v) is 9.63. The van der Waals surface area contributed by atoms with Gasteiger partial charge in [-0.25, -0.2) is 4.79 Å². The van der Waals surface area contributed by atoms with Crippen molar-refractivity contribution in [3.05, 3.63) is 58.5 Å². The molecule has 3 aromatic rings. The number of methoxy groups -OCH3 is 2. The molecular formula is C22H27N3O4. The zero-order valence-corrected chi connectivity index (χ0v) is 17.3. The van der Waals surface area contributed by atoms with Gasteiger partial charge in [-0.1, -0.05) is 12.1 Å². The lowest BCUT2D eigenvalue weighted by Gasteiger charge is -2.19. The normalized spacial score (nSPS) is 10.9. The molecule has 29 heavy (non-hydrogen) atoms. The second kappa shape index (κ2) is 8.86. The van der Waals surface area contributed by atoms with Gasteiger partial charge in [-0.15, -0.1) is 0 Å². The maximum absolute atomic E-state index is 12.7. The minimum Gasteiger partial charge on any atom is -0.497 e. The Balaban J connectivity index is 1.73. The van der Waals surface area contributed by atoms with Crippen LogP contribution in [0.1, 0.15) is 18.9 Å². The van der Waals surface area contributed by atoms with Crippen molar-refractivity contribution in [3.8, 4) is 11.5 Å². The van der Waals surface area contributed by atoms with Gasteiger partial charge in [0.25, 0.3) is 0 Å². The van der Waals surface area contributed by atoms with Crippen LogP contribution in [-0.2, 0) is 24.4 Å². The Morgan fingerprint density at radius 1 is 1.03 bits per heavy atom. The Kier molecular flexibility index (Phi) is 6.26. The number of para-hydroxylation sites is 2. The van der Waals surface area contributed by atoms with Gasteiger partial charge in [0.15, 0.2) is 0 Å². The van der Waals surface area contributed by atoms with Crippen molar-refractivity contribution < 1.29 is 14.3 Å². The summed E-state index contributed by atoms with van der Waals surface area (Å²) in [4.78, 5) is 27.1. The number of amides is 1. The van der Waals surface area contributed by atoms with Gasteiger partial charge in [0, 0.05) is 44.7 Å². The standard InChI is InChI=1S/C22H27N3O4/c1-5-24-18-8-6-7-9-19(18)25(22(24)27)13-12-21(26)23(2)15-16-10-11-17(28-3)14-20(16)29-4/h6-11,14H,5,12-13,15H2,1-4H3. The van der Waals surface area contributed by atoms with Crippen LogP contribution in [0.2, 0.25) is 0 Å². The summed E-state index contributed by atoms with van der Waals surface area (Å²) in [6.45, 7) is 3.30. The number of imidazole rings is 1. The van der Waals surface area contributed by atoms with Crippen LogP contribution in [0, 0.1) is 0 Å². The van der Waals surface area contributed by atoms with E-state index in [2.05, 4.69) is 0 Å². The van der Waals surface area contributed by atoms with E-state index >= 15 is 0 Å². The lowest BCUT2D eigenvalue weighted by molar-refractivity contribution is -0.130. The van der Waals surface area contributed by atoms with Gasteiger partial charge in [-0.05, 0) is 31.2 Å². The summed E-state index contributed by atoms with van der Waals surface area (Å²) in [7, 11) is 4.95. The predicted molar refractivity (Wildman–Crippen MR) is 113 cm³/mol. The van der Waals surface area contributed by atoms with E-state index in [1.807, 2.05) is 43.3 Å². The minimum absolute atomic E-state index is 0.0388. The zero-order valence-electron chi connectivity index (χ0n) is 17.3. The topological polar surface area (TPSA) is 65.7 Å². The molecule has 1 amide bonds. The maximum atomic E-state index is 12.7. The molecule has 154 valence electrons. The van der Waals surface area contributed by atoms with Crippen molar-refractivity contribution >= 4 is 16.9 Å². The van der Waals surface area contributed by atoms with E-state index in [1.165, 1.54) is 0 Å². The third kappa shape index (κ3) is 4.13. The quantitative estimate of drug-likeness (QED) is 0.586. The first kappa shape index (κ1) is 20.5. The van der Waals surface area contributed by atoms with Crippen LogP contribution < -0.4 is 15.2 Å². The van der Waals surface area contributed by atoms with Gasteiger partial charge >= 0.3 is 5.69 Å². The lowest BCUT2D eigenvalue weighted by Crippen LogP contribution is -2.30. The molecule has 0 spiro atoms. The molecule has 0 saturated carbocycles. The maximum Gasteiger partial charge on any atom is 0.329 e. The molecule has 7 nitrogen and oxygen atoms in total. The summed E-state index contributed by atoms with van der Waals surface area (Å²) >= 11 is 0. The number of benzene rings is 2. The van der Waals surface area contributed by atoms with Crippen molar-refractivity contribution in [1.82, 2.24) is 14.0 Å². The van der Waals surface area contributed by atoms with Gasteiger partial charge in [-0.3, -0.25) is 13.9 Å². The van der Waals surface area contributed by atoms with E-state index in [1.54, 1.807) is 41.4 Å². The molecule has 1 heterocycles. The van der Waals surface area contributed by atoms with Crippen molar-refractivity contribution in [2.75, 3.05) is 21.3 Å². The van der Waals surface area contributed by atoms with E-state index < -0.39 is 0 Å². The monoisotopic (exact) mass is 397 g/mol. The first-order valence-electron chi connectivity index (χ1n) is 9.63. The second-order valence-electron chi connectivity index (χ2n) is 6.84. The SMILES string of the molecule is CCn1c(=O)n(CCC(=O)N(C)Cc2ccc(OC)cc2OC)c2ccccc21. The van der Waals surface area contributed by atoms with E-state index in [0.717, 1.165) is 16.6 Å². The van der Waals surface area contributed by atoms with Gasteiger partial charge < -0.3 is 14.4 Å². The Bertz CT molecular complexity index is 1070. The molecule has 0 aliphatic rings. The Morgan fingerprint density at radius 3 is 2.34 bits per heavy atom. The molecule has 0 N–H and O–H groups in total. The molecule has 0 fully saturated rings. The summed E-state index contributed by atoms with van der Waals surface area (Å²) < 4.78 is 14.0. The molecule has 2 aromatic carbocycles. The minimum atomic E-state index is -0.0824. The summed E-state index contributed by atoms with van der Waals surface area (Å²) in [5, 5.41) is 0. The molecule has 0 saturated heterocycles. The molecule has 0 radical (unpaired) electrons. The molecule has 7 heteroatoms. The van der Waals surface area contributed by atoms with Crippen LogP contribution in [0.15, 0.2) is 47.3 Å². The Hall–Kier alpha value is -3.22. The third-order valence-electron chi connectivity index (χ3n) is 5.12. The van der Waals surface area contributed by atoms with Gasteiger partial charge in [0.05, 0.1) is 25.3 Å². The first-order chi connectivity index (χ1) is 14.0. The number of carbonyl (C=O) groups excluding carboxylic acids is 1. The van der Waals surface area contributed by atoms with E-state index in [0.29, 0.717) is 31.1 Å². The second-order valence-corrected chi connectivity index (χ2v) is 6.84. The highest BCUT2D eigenvalue weighted by atomic mass is 16.5. The molecule has 3 rings (SSSR count). The summed E-state index contributed by atoms with van der Waals surface area (Å²) in [5.74, 6) is 1.33. The Labute approximate surface area is 170 Å². The highest BCUT2D eigenvalue weighted by Crippen LogP contribution is 2.25. The third-order valence-corrected chi connectivity index (χ3v) is 5.12. The molecule has 0 bridgehead atoms. The molecule has 0 aliphatic carbocycles. The van der Waals surface area contributed by atoms with Gasteiger partial charge in [0.1, 0.15) is 11.5 Å². The number of carbonyl (C=O) groups is 1. The Morgan fingerprint density at radius 2 is 1.72 bits per heavy atom. The molecular weight excluding hydrogens is 370 g/mol. The number of fused-ring (bicyclic) bond motifs is 1. The van der Waals surface area contributed by atoms with E-state index in [-0.39, 0.29) is 18.0 Å². The molecule has 0 unspecified atom stereocenters. The van der Waals surface area contributed by atoms with Gasteiger partial charge in [-0.2, -0.15) is 0 Å². The fourth-order valence-corrected chi connectivity index (χ4v) is 3.52. The smallest absolute Gasteiger partial charge is 0.329 e. The predicted octanol–water partition coefficient (Wildman–Crippen LogP) is 2.89. The number of aryl methyl sites for hydroxylation is 2. The summed E-state index contributed by atoms with van der Waals surface area (Å²) in [6, 6.07) is 13.2. The van der Waals surface area contributed by atoms with Crippen LogP contribution in [0.5, 0.6) is 11.5 Å². The highest BCUT2D eigenvalue weighted by molar-refractivity contribution is 5.78. The van der Waals surface area contributed by atoms with Crippen molar-refractivity contribution in [2.24, 2.45) is 0 Å². The van der Waals surface area contributed by atoms with Crippen molar-refractivity contribution in [1.29, 1.82) is 0 Å². The number of aromatic nitrogens is 2. The van der Waals surface area contributed by atoms with Crippen LogP contribution in [0.4, 0.5) is 0 Å². The number of nitrogens with zero attached hydrogens (tertiary/aromatic N) is 3. The van der Waals surface area contributed by atoms with Crippen molar-refractivity contribution in [3.63, 3.8) is 0 Å². The zero-order chi connectivity index (χ0) is 21.0. The fourth-order valence-electron chi connectivity index (χ4n) is 3.52. The van der Waals surface area contributed by atoms with Crippen LogP contribution >= 0.6 is 0 Å². The molecule has 0 aliphatic heterocycles. The van der Waals surface area contributed by atoms with E-state index in [4.69, 9.17) is 9.47 Å².